The van der Waals surface area contributed by atoms with Crippen LogP contribution in [0.25, 0.3) is 11.5 Å². The van der Waals surface area contributed by atoms with Crippen LogP contribution in [0.3, 0.4) is 0 Å². The quantitative estimate of drug-likeness (QED) is 0.496. The number of halogens is 2. The summed E-state index contributed by atoms with van der Waals surface area (Å²) in [6, 6.07) is 5.80. The van der Waals surface area contributed by atoms with Crippen LogP contribution in [-0.4, -0.2) is 56.9 Å². The zero-order valence-corrected chi connectivity index (χ0v) is 20.6. The lowest BCUT2D eigenvalue weighted by Gasteiger charge is -2.40. The van der Waals surface area contributed by atoms with Crippen molar-refractivity contribution in [3.8, 4) is 17.3 Å². The molecule has 1 saturated heterocycles. The topological polar surface area (TPSA) is 105 Å². The van der Waals surface area contributed by atoms with E-state index in [0.717, 1.165) is 11.5 Å². The number of nitrogens with zero attached hydrogens (tertiary/aromatic N) is 5. The summed E-state index contributed by atoms with van der Waals surface area (Å²) in [5.41, 5.74) is 1.08. The number of piperidine rings is 1. The number of aromatic nitrogens is 4. The molecule has 4 heterocycles. The molecule has 0 aliphatic carbocycles. The summed E-state index contributed by atoms with van der Waals surface area (Å²) in [5, 5.41) is 6.45. The third-order valence-electron chi connectivity index (χ3n) is 5.80. The molecule has 1 amide bonds. The molecular formula is C23H27F2N7O2S. The average Bonchev–Trinajstić information content (AvgIpc) is 3.29. The summed E-state index contributed by atoms with van der Waals surface area (Å²) in [6.07, 6.45) is 1.99. The van der Waals surface area contributed by atoms with E-state index in [1.807, 2.05) is 0 Å². The molecule has 3 aromatic heterocycles. The van der Waals surface area contributed by atoms with Crippen molar-refractivity contribution in [3.05, 3.63) is 36.7 Å². The second-order valence-electron chi connectivity index (χ2n) is 8.62. The fraction of sp³-hybridized carbons (Fsp3) is 0.435. The summed E-state index contributed by atoms with van der Waals surface area (Å²) in [5.74, 6) is -2.25. The van der Waals surface area contributed by atoms with Crippen LogP contribution in [0.4, 0.5) is 25.4 Å². The van der Waals surface area contributed by atoms with Crippen LogP contribution in [0.5, 0.6) is 5.75 Å². The number of nitrogens with one attached hydrogen (secondary N) is 2. The van der Waals surface area contributed by atoms with E-state index in [9.17, 15) is 13.6 Å². The maximum atomic E-state index is 14.9. The summed E-state index contributed by atoms with van der Waals surface area (Å²) in [7, 11) is 1.66. The Morgan fingerprint density at radius 2 is 2.11 bits per heavy atom. The van der Waals surface area contributed by atoms with E-state index in [1.165, 1.54) is 18.0 Å². The highest BCUT2D eigenvalue weighted by molar-refractivity contribution is 7.09. The Kier molecular flexibility index (Phi) is 7.22. The number of hydrogen-bond donors (Lipinski definition) is 2. The molecule has 1 fully saturated rings. The van der Waals surface area contributed by atoms with Gasteiger partial charge in [-0.05, 0) is 36.7 Å². The molecule has 1 aliphatic heterocycles. The first-order chi connectivity index (χ1) is 16.7. The van der Waals surface area contributed by atoms with Gasteiger partial charge in [-0.3, -0.25) is 4.79 Å². The van der Waals surface area contributed by atoms with Crippen molar-refractivity contribution in [3.63, 3.8) is 0 Å². The van der Waals surface area contributed by atoms with Gasteiger partial charge >= 0.3 is 0 Å². The van der Waals surface area contributed by atoms with E-state index in [0.29, 0.717) is 34.7 Å². The predicted molar refractivity (Wildman–Crippen MR) is 130 cm³/mol. The van der Waals surface area contributed by atoms with Crippen LogP contribution >= 0.6 is 11.5 Å². The molecule has 4 rings (SSSR count). The fourth-order valence-electron chi connectivity index (χ4n) is 3.88. The van der Waals surface area contributed by atoms with Crippen LogP contribution in [0.15, 0.2) is 36.7 Å². The van der Waals surface area contributed by atoms with E-state index in [2.05, 4.69) is 30.0 Å². The van der Waals surface area contributed by atoms with Crippen LogP contribution in [0, 0.1) is 5.92 Å². The van der Waals surface area contributed by atoms with E-state index < -0.39 is 18.1 Å². The number of alkyl halides is 2. The van der Waals surface area contributed by atoms with Crippen LogP contribution in [0.1, 0.15) is 27.2 Å². The molecule has 35 heavy (non-hydrogen) atoms. The maximum Gasteiger partial charge on any atom is 0.299 e. The van der Waals surface area contributed by atoms with Crippen molar-refractivity contribution in [1.82, 2.24) is 24.6 Å². The number of hydrogen-bond acceptors (Lipinski definition) is 9. The van der Waals surface area contributed by atoms with Crippen molar-refractivity contribution >= 4 is 34.1 Å². The molecule has 9 nitrogen and oxygen atoms in total. The molecule has 1 aliphatic rings. The fourth-order valence-corrected chi connectivity index (χ4v) is 4.45. The van der Waals surface area contributed by atoms with Crippen molar-refractivity contribution in [2.75, 3.05) is 23.8 Å². The summed E-state index contributed by atoms with van der Waals surface area (Å²) < 4.78 is 39.7. The standard InChI is InChI=1S/C23H27F2N7O2S/c1-13(2)19-23(24,25)18(9-11-26-19)34-15-7-8-16(28-12-15)20-29-22(35-31-20)30-21-17(6-5-10-27-21)32(4)14(3)33/h5-8,10,12-13,18-19,26H,9,11H2,1-4H3,(H,27,29,30,31). The Balaban J connectivity index is 1.45. The van der Waals surface area contributed by atoms with Gasteiger partial charge in [-0.1, -0.05) is 13.8 Å². The van der Waals surface area contributed by atoms with Gasteiger partial charge in [0.25, 0.3) is 5.92 Å². The molecule has 186 valence electrons. The Morgan fingerprint density at radius 3 is 2.80 bits per heavy atom. The van der Waals surface area contributed by atoms with Gasteiger partial charge in [0.1, 0.15) is 11.4 Å². The minimum Gasteiger partial charge on any atom is -0.482 e. The second kappa shape index (κ2) is 10.2. The van der Waals surface area contributed by atoms with Crippen LogP contribution < -0.4 is 20.3 Å². The van der Waals surface area contributed by atoms with Crippen molar-refractivity contribution < 1.29 is 18.3 Å². The smallest absolute Gasteiger partial charge is 0.299 e. The van der Waals surface area contributed by atoms with E-state index >= 15 is 0 Å². The number of pyridine rings is 2. The van der Waals surface area contributed by atoms with E-state index in [-0.39, 0.29) is 24.0 Å². The van der Waals surface area contributed by atoms with Gasteiger partial charge in [0.15, 0.2) is 17.7 Å². The highest BCUT2D eigenvalue weighted by Gasteiger charge is 2.52. The largest absolute Gasteiger partial charge is 0.482 e. The SMILES string of the molecule is CC(=O)N(C)c1cccnc1Nc1nc(-c2ccc(OC3CCNC(C(C)C)C3(F)F)cn2)ns1. The third kappa shape index (κ3) is 5.38. The maximum absolute atomic E-state index is 14.9. The van der Waals surface area contributed by atoms with Crippen molar-refractivity contribution in [1.29, 1.82) is 0 Å². The molecule has 3 aromatic rings. The normalized spacial score (nSPS) is 19.4. The lowest BCUT2D eigenvalue weighted by molar-refractivity contribution is -0.147. The van der Waals surface area contributed by atoms with Crippen molar-refractivity contribution in [2.45, 2.75) is 45.3 Å². The van der Waals surface area contributed by atoms with Crippen LogP contribution in [0.2, 0.25) is 0 Å². The Hall–Kier alpha value is -3.25. The second-order valence-corrected chi connectivity index (χ2v) is 9.37. The summed E-state index contributed by atoms with van der Waals surface area (Å²) >= 11 is 1.11. The number of carbonyl (C=O) groups excluding carboxylic acids is 1. The van der Waals surface area contributed by atoms with Gasteiger partial charge in [-0.2, -0.15) is 9.36 Å². The Labute approximate surface area is 206 Å². The van der Waals surface area contributed by atoms with E-state index in [1.54, 1.807) is 51.4 Å². The Morgan fingerprint density at radius 1 is 1.31 bits per heavy atom. The molecule has 2 unspecified atom stereocenters. The minimum absolute atomic E-state index is 0.132. The van der Waals surface area contributed by atoms with Gasteiger partial charge < -0.3 is 20.3 Å². The number of anilines is 3. The Bertz CT molecular complexity index is 1170. The van der Waals surface area contributed by atoms with E-state index in [4.69, 9.17) is 4.74 Å². The number of rotatable bonds is 7. The zero-order chi connectivity index (χ0) is 25.2. The number of carbonyl (C=O) groups is 1. The highest BCUT2D eigenvalue weighted by Crippen LogP contribution is 2.35. The minimum atomic E-state index is -3.00. The first-order valence-electron chi connectivity index (χ1n) is 11.2. The average molecular weight is 504 g/mol. The summed E-state index contributed by atoms with van der Waals surface area (Å²) in [4.78, 5) is 26.3. The van der Waals surface area contributed by atoms with Gasteiger partial charge in [0.05, 0.1) is 17.9 Å². The van der Waals surface area contributed by atoms with Gasteiger partial charge in [-0.25, -0.2) is 18.7 Å². The first-order valence-corrected chi connectivity index (χ1v) is 12.0. The predicted octanol–water partition coefficient (Wildman–Crippen LogP) is 4.12. The highest BCUT2D eigenvalue weighted by atomic mass is 32.1. The molecular weight excluding hydrogens is 476 g/mol. The molecule has 0 bridgehead atoms. The monoisotopic (exact) mass is 503 g/mol. The number of ether oxygens (including phenoxy) is 1. The lowest BCUT2D eigenvalue weighted by atomic mass is 9.89. The molecule has 12 heteroatoms. The third-order valence-corrected chi connectivity index (χ3v) is 6.43. The first kappa shape index (κ1) is 24.9. The van der Waals surface area contributed by atoms with Gasteiger partial charge in [0, 0.05) is 38.1 Å². The van der Waals surface area contributed by atoms with Gasteiger partial charge in [0.2, 0.25) is 11.0 Å². The molecule has 0 saturated carbocycles. The molecule has 0 aromatic carbocycles. The molecule has 0 radical (unpaired) electrons. The molecule has 2 N–H and O–H groups in total. The summed E-state index contributed by atoms with van der Waals surface area (Å²) in [6.45, 7) is 5.47. The van der Waals surface area contributed by atoms with Crippen LogP contribution in [-0.2, 0) is 4.79 Å². The number of amides is 1. The lowest BCUT2D eigenvalue weighted by Crippen LogP contribution is -2.61. The van der Waals surface area contributed by atoms with Gasteiger partial charge in [-0.15, -0.1) is 0 Å². The molecule has 2 atom stereocenters. The van der Waals surface area contributed by atoms with Crippen molar-refractivity contribution in [2.24, 2.45) is 5.92 Å². The zero-order valence-electron chi connectivity index (χ0n) is 19.8. The molecule has 0 spiro atoms.